The van der Waals surface area contributed by atoms with E-state index in [4.69, 9.17) is 0 Å². The van der Waals surface area contributed by atoms with E-state index in [0.29, 0.717) is 12.6 Å². The van der Waals surface area contributed by atoms with Crippen LogP contribution < -0.4 is 4.90 Å². The Bertz CT molecular complexity index is 707. The van der Waals surface area contributed by atoms with Crippen LogP contribution in [0.25, 0.3) is 0 Å². The quantitative estimate of drug-likeness (QED) is 0.626. The topological polar surface area (TPSA) is 62.1 Å². The van der Waals surface area contributed by atoms with Crippen LogP contribution in [-0.2, 0) is 16.0 Å². The van der Waals surface area contributed by atoms with Gasteiger partial charge < -0.3 is 4.90 Å². The van der Waals surface area contributed by atoms with Crippen molar-refractivity contribution in [2.75, 3.05) is 19.8 Å². The van der Waals surface area contributed by atoms with Crippen molar-refractivity contribution in [1.82, 2.24) is 9.80 Å². The summed E-state index contributed by atoms with van der Waals surface area (Å²) >= 11 is 0. The van der Waals surface area contributed by atoms with Crippen LogP contribution in [0.2, 0.25) is 0 Å². The molecule has 6 heteroatoms. The van der Waals surface area contributed by atoms with E-state index in [9.17, 15) is 14.4 Å². The van der Waals surface area contributed by atoms with Crippen molar-refractivity contribution >= 4 is 17.8 Å². The molecule has 1 saturated carbocycles. The SMILES string of the molecule is O=C1C(=O)N(C2CCCC2)C(=O)N1C[NH+]1CCC(Cc2ccccc2)CC1. The number of imide groups is 2. The third-order valence-electron chi connectivity index (χ3n) is 6.33. The van der Waals surface area contributed by atoms with Gasteiger partial charge in [0.25, 0.3) is 0 Å². The molecule has 0 bridgehead atoms. The Hall–Kier alpha value is -2.21. The number of amides is 4. The van der Waals surface area contributed by atoms with Gasteiger partial charge in [-0.15, -0.1) is 0 Å². The predicted molar refractivity (Wildman–Crippen MR) is 99.8 cm³/mol. The van der Waals surface area contributed by atoms with E-state index in [1.165, 1.54) is 20.3 Å². The average molecular weight is 370 g/mol. The van der Waals surface area contributed by atoms with Gasteiger partial charge in [-0.05, 0) is 43.6 Å². The summed E-state index contributed by atoms with van der Waals surface area (Å²) in [6, 6.07) is 10.1. The number of urea groups is 1. The molecule has 6 nitrogen and oxygen atoms in total. The first-order valence-corrected chi connectivity index (χ1v) is 10.2. The highest BCUT2D eigenvalue weighted by atomic mass is 16.2. The minimum atomic E-state index is -0.634. The highest BCUT2D eigenvalue weighted by molar-refractivity contribution is 6.44. The fourth-order valence-corrected chi connectivity index (χ4v) is 4.77. The van der Waals surface area contributed by atoms with Crippen LogP contribution in [0, 0.1) is 5.92 Å². The van der Waals surface area contributed by atoms with Gasteiger partial charge in [0.05, 0.1) is 13.1 Å². The van der Waals surface area contributed by atoms with Gasteiger partial charge >= 0.3 is 17.8 Å². The number of piperidine rings is 1. The molecule has 144 valence electrons. The van der Waals surface area contributed by atoms with Crippen LogP contribution in [0.1, 0.15) is 44.1 Å². The van der Waals surface area contributed by atoms with Gasteiger partial charge in [-0.1, -0.05) is 43.2 Å². The average Bonchev–Trinajstić information content (AvgIpc) is 3.28. The molecule has 2 heterocycles. The van der Waals surface area contributed by atoms with Crippen LogP contribution in [0.4, 0.5) is 4.79 Å². The first kappa shape index (κ1) is 18.2. The van der Waals surface area contributed by atoms with Crippen molar-refractivity contribution in [3.05, 3.63) is 35.9 Å². The molecule has 4 rings (SSSR count). The summed E-state index contributed by atoms with van der Waals surface area (Å²) in [6.45, 7) is 2.20. The monoisotopic (exact) mass is 370 g/mol. The van der Waals surface area contributed by atoms with Crippen molar-refractivity contribution in [2.45, 2.75) is 51.0 Å². The van der Waals surface area contributed by atoms with E-state index >= 15 is 0 Å². The summed E-state index contributed by atoms with van der Waals surface area (Å²) in [7, 11) is 0. The zero-order valence-corrected chi connectivity index (χ0v) is 15.7. The van der Waals surface area contributed by atoms with Gasteiger partial charge in [0.1, 0.15) is 0 Å². The molecule has 0 radical (unpaired) electrons. The predicted octanol–water partition coefficient (Wildman–Crippen LogP) is 1.21. The molecule has 0 spiro atoms. The molecule has 2 saturated heterocycles. The third-order valence-corrected chi connectivity index (χ3v) is 6.33. The van der Waals surface area contributed by atoms with Crippen LogP contribution in [-0.4, -0.2) is 53.4 Å². The van der Waals surface area contributed by atoms with Crippen molar-refractivity contribution < 1.29 is 19.3 Å². The largest absolute Gasteiger partial charge is 0.338 e. The van der Waals surface area contributed by atoms with Gasteiger partial charge in [0.15, 0.2) is 6.67 Å². The maximum atomic E-state index is 12.7. The molecule has 1 aromatic carbocycles. The number of hydrogen-bond acceptors (Lipinski definition) is 3. The lowest BCUT2D eigenvalue weighted by molar-refractivity contribution is -0.913. The minimum absolute atomic E-state index is 0.0782. The lowest BCUT2D eigenvalue weighted by atomic mass is 9.90. The molecule has 1 N–H and O–H groups in total. The Kier molecular flexibility index (Phi) is 5.25. The van der Waals surface area contributed by atoms with E-state index in [0.717, 1.165) is 58.0 Å². The van der Waals surface area contributed by atoms with E-state index in [2.05, 4.69) is 24.3 Å². The first-order chi connectivity index (χ1) is 13.1. The van der Waals surface area contributed by atoms with Crippen molar-refractivity contribution in [2.24, 2.45) is 5.92 Å². The lowest BCUT2D eigenvalue weighted by Gasteiger charge is -2.31. The summed E-state index contributed by atoms with van der Waals surface area (Å²) in [4.78, 5) is 41.0. The Morgan fingerprint density at radius 3 is 2.22 bits per heavy atom. The fraction of sp³-hybridized carbons (Fsp3) is 0.571. The number of quaternary nitrogens is 1. The summed E-state index contributed by atoms with van der Waals surface area (Å²) in [5.41, 5.74) is 1.37. The highest BCUT2D eigenvalue weighted by Crippen LogP contribution is 2.27. The van der Waals surface area contributed by atoms with Crippen LogP contribution in [0.5, 0.6) is 0 Å². The van der Waals surface area contributed by atoms with Crippen LogP contribution in [0.15, 0.2) is 30.3 Å². The first-order valence-electron chi connectivity index (χ1n) is 10.2. The highest BCUT2D eigenvalue weighted by Gasteiger charge is 2.49. The number of likely N-dealkylation sites (tertiary alicyclic amines) is 1. The lowest BCUT2D eigenvalue weighted by Crippen LogP contribution is -3.14. The van der Waals surface area contributed by atoms with Gasteiger partial charge in [-0.25, -0.2) is 9.69 Å². The standard InChI is InChI=1S/C21H27N3O3/c25-19-20(26)24(18-8-4-5-9-18)21(27)23(19)15-22-12-10-17(11-13-22)14-16-6-2-1-3-7-16/h1-3,6-7,17-18H,4-5,8-15H2/p+1. The van der Waals surface area contributed by atoms with E-state index < -0.39 is 17.8 Å². The zero-order valence-electron chi connectivity index (χ0n) is 15.7. The Morgan fingerprint density at radius 2 is 1.56 bits per heavy atom. The van der Waals surface area contributed by atoms with Gasteiger partial charge in [-0.3, -0.25) is 14.5 Å². The number of nitrogens with one attached hydrogen (secondary N) is 1. The van der Waals surface area contributed by atoms with Crippen molar-refractivity contribution in [1.29, 1.82) is 0 Å². The Balaban J connectivity index is 1.31. The van der Waals surface area contributed by atoms with E-state index in [1.807, 2.05) is 6.07 Å². The summed E-state index contributed by atoms with van der Waals surface area (Å²) < 4.78 is 0. The second-order valence-corrected chi connectivity index (χ2v) is 8.17. The summed E-state index contributed by atoms with van der Waals surface area (Å²) in [5.74, 6) is -0.603. The second-order valence-electron chi connectivity index (χ2n) is 8.17. The molecular formula is C21H28N3O3+. The van der Waals surface area contributed by atoms with Crippen LogP contribution in [0.3, 0.4) is 0 Å². The number of benzene rings is 1. The molecule has 27 heavy (non-hydrogen) atoms. The molecule has 4 amide bonds. The fourth-order valence-electron chi connectivity index (χ4n) is 4.77. The molecular weight excluding hydrogens is 342 g/mol. The van der Waals surface area contributed by atoms with Crippen molar-refractivity contribution in [3.63, 3.8) is 0 Å². The number of nitrogens with zero attached hydrogens (tertiary/aromatic N) is 2. The van der Waals surface area contributed by atoms with Crippen molar-refractivity contribution in [3.8, 4) is 0 Å². The molecule has 3 aliphatic rings. The molecule has 0 atom stereocenters. The van der Waals surface area contributed by atoms with E-state index in [-0.39, 0.29) is 6.04 Å². The number of hydrogen-bond donors (Lipinski definition) is 1. The van der Waals surface area contributed by atoms with Gasteiger partial charge in [-0.2, -0.15) is 0 Å². The zero-order chi connectivity index (χ0) is 18.8. The second kappa shape index (κ2) is 7.80. The molecule has 0 aromatic heterocycles. The normalized spacial score (nSPS) is 27.0. The maximum Gasteiger partial charge on any atom is 0.338 e. The number of carbonyl (C=O) groups excluding carboxylic acids is 3. The minimum Gasteiger partial charge on any atom is -0.317 e. The molecule has 2 aliphatic heterocycles. The summed E-state index contributed by atoms with van der Waals surface area (Å²) in [6.07, 6.45) is 6.96. The molecule has 0 unspecified atom stereocenters. The number of rotatable bonds is 5. The molecule has 1 aromatic rings. The number of carbonyl (C=O) groups is 3. The molecule has 1 aliphatic carbocycles. The Labute approximate surface area is 160 Å². The maximum absolute atomic E-state index is 12.7. The molecule has 3 fully saturated rings. The summed E-state index contributed by atoms with van der Waals surface area (Å²) in [5, 5.41) is 0. The third kappa shape index (κ3) is 3.76. The van der Waals surface area contributed by atoms with E-state index in [1.54, 1.807) is 0 Å². The van der Waals surface area contributed by atoms with Gasteiger partial charge in [0, 0.05) is 6.04 Å². The van der Waals surface area contributed by atoms with Crippen LogP contribution >= 0.6 is 0 Å². The Morgan fingerprint density at radius 1 is 0.889 bits per heavy atom. The van der Waals surface area contributed by atoms with Gasteiger partial charge in [0.2, 0.25) is 0 Å². The smallest absolute Gasteiger partial charge is 0.317 e.